The number of aromatic amines is 1. The summed E-state index contributed by atoms with van der Waals surface area (Å²) in [5.74, 6) is 1.11. The number of aromatic nitrogens is 2. The van der Waals surface area contributed by atoms with E-state index in [4.69, 9.17) is 4.74 Å². The summed E-state index contributed by atoms with van der Waals surface area (Å²) in [7, 11) is 0. The molecule has 1 aromatic rings. The van der Waals surface area contributed by atoms with Gasteiger partial charge in [0.2, 0.25) is 0 Å². The molecule has 115 valence electrons. The van der Waals surface area contributed by atoms with Crippen molar-refractivity contribution >= 4 is 0 Å². The molecular weight excluding hydrogens is 341 g/mol. The molecule has 2 atom stereocenters. The molecule has 21 heavy (non-hydrogen) atoms. The maximum absolute atomic E-state index is 12.1. The van der Waals surface area contributed by atoms with Crippen molar-refractivity contribution in [3.63, 3.8) is 0 Å². The fraction of sp³-hybridized carbons (Fsp3) is 0.688. The second kappa shape index (κ2) is 6.12. The van der Waals surface area contributed by atoms with Crippen LogP contribution in [0.5, 0.6) is 5.88 Å². The summed E-state index contributed by atoms with van der Waals surface area (Å²) >= 11 is 0. The second-order valence-corrected chi connectivity index (χ2v) is 7.22. The molecule has 0 saturated heterocycles. The minimum absolute atomic E-state index is 0. The van der Waals surface area contributed by atoms with Crippen molar-refractivity contribution < 1.29 is 37.4 Å². The summed E-state index contributed by atoms with van der Waals surface area (Å²) in [6.45, 7) is 8.77. The summed E-state index contributed by atoms with van der Waals surface area (Å²) in [6.07, 6.45) is 5.83. The number of nitrogens with one attached hydrogen (secondary N) is 1. The van der Waals surface area contributed by atoms with Crippen LogP contribution < -0.4 is 10.3 Å². The van der Waals surface area contributed by atoms with Gasteiger partial charge in [-0.1, -0.05) is 13.8 Å². The van der Waals surface area contributed by atoms with Crippen molar-refractivity contribution in [3.8, 4) is 5.88 Å². The van der Waals surface area contributed by atoms with E-state index in [1.54, 1.807) is 0 Å². The Balaban J connectivity index is 0.00000110. The monoisotopic (exact) mass is 365 g/mol. The molecule has 5 heteroatoms. The fourth-order valence-corrected chi connectivity index (χ4v) is 3.81. The Morgan fingerprint density at radius 3 is 2.67 bits per heavy atom. The zero-order chi connectivity index (χ0) is 13.8. The minimum Gasteiger partial charge on any atom is -0.529 e. The SMILES string of the molecule is CC1(C)CCC2C(C1)c1c(n[c-][nH]c1=O)OC2(C)C.[CH3-].[Y]. The number of fused-ring (bicyclic) bond motifs is 3. The first-order valence-corrected chi connectivity index (χ1v) is 6.99. The number of hydrogen-bond acceptors (Lipinski definition) is 3. The molecule has 1 fully saturated rings. The van der Waals surface area contributed by atoms with E-state index in [1.807, 2.05) is 0 Å². The van der Waals surface area contributed by atoms with Crippen LogP contribution in [0.25, 0.3) is 0 Å². The maximum Gasteiger partial charge on any atom is 0.143 e. The van der Waals surface area contributed by atoms with Gasteiger partial charge in [0.1, 0.15) is 11.4 Å². The topological polar surface area (TPSA) is 55.0 Å². The molecule has 1 aliphatic carbocycles. The normalized spacial score (nSPS) is 28.0. The van der Waals surface area contributed by atoms with Gasteiger partial charge < -0.3 is 26.9 Å². The van der Waals surface area contributed by atoms with E-state index in [2.05, 4.69) is 44.0 Å². The van der Waals surface area contributed by atoms with Crippen molar-refractivity contribution in [1.29, 1.82) is 0 Å². The van der Waals surface area contributed by atoms with Gasteiger partial charge in [-0.05, 0) is 50.0 Å². The predicted octanol–water partition coefficient (Wildman–Crippen LogP) is 3.10. The smallest absolute Gasteiger partial charge is 0.143 e. The van der Waals surface area contributed by atoms with Crippen LogP contribution >= 0.6 is 0 Å². The van der Waals surface area contributed by atoms with Crippen LogP contribution in [-0.2, 0) is 32.7 Å². The summed E-state index contributed by atoms with van der Waals surface area (Å²) < 4.78 is 5.98. The second-order valence-electron chi connectivity index (χ2n) is 7.22. The Kier molecular flexibility index (Phi) is 5.48. The zero-order valence-electron chi connectivity index (χ0n) is 13.6. The molecular formula is C16H24N2O2Y-2. The van der Waals surface area contributed by atoms with Crippen LogP contribution in [0, 0.1) is 25.1 Å². The van der Waals surface area contributed by atoms with E-state index in [1.165, 1.54) is 6.42 Å². The van der Waals surface area contributed by atoms with Crippen molar-refractivity contribution in [2.45, 2.75) is 58.5 Å². The van der Waals surface area contributed by atoms with Gasteiger partial charge in [-0.3, -0.25) is 0 Å². The molecule has 2 heterocycles. The van der Waals surface area contributed by atoms with Crippen LogP contribution in [0.4, 0.5) is 0 Å². The van der Waals surface area contributed by atoms with E-state index >= 15 is 0 Å². The largest absolute Gasteiger partial charge is 0.529 e. The number of hydrogen-bond donors (Lipinski definition) is 1. The summed E-state index contributed by atoms with van der Waals surface area (Å²) in [5.41, 5.74) is 0.657. The fourth-order valence-electron chi connectivity index (χ4n) is 3.81. The first kappa shape index (κ1) is 18.8. The third kappa shape index (κ3) is 3.26. The van der Waals surface area contributed by atoms with Gasteiger partial charge in [0, 0.05) is 45.0 Å². The van der Waals surface area contributed by atoms with E-state index < -0.39 is 0 Å². The summed E-state index contributed by atoms with van der Waals surface area (Å²) in [4.78, 5) is 18.8. The Bertz CT molecular complexity index is 566. The molecule has 2 unspecified atom stereocenters. The van der Waals surface area contributed by atoms with Gasteiger partial charge in [0.15, 0.2) is 0 Å². The number of ether oxygens (including phenoxy) is 1. The number of rotatable bonds is 0. The number of H-pyrrole nitrogens is 1. The van der Waals surface area contributed by atoms with Crippen molar-refractivity contribution in [2.75, 3.05) is 0 Å². The average Bonchev–Trinajstić information content (AvgIpc) is 2.25. The average molecular weight is 365 g/mol. The third-order valence-corrected chi connectivity index (χ3v) is 4.82. The van der Waals surface area contributed by atoms with E-state index in [-0.39, 0.29) is 62.6 Å². The molecule has 0 aromatic carbocycles. The van der Waals surface area contributed by atoms with Crippen molar-refractivity contribution in [1.82, 2.24) is 9.97 Å². The minimum atomic E-state index is -0.261. The quantitative estimate of drug-likeness (QED) is 0.719. The maximum atomic E-state index is 12.1. The van der Waals surface area contributed by atoms with Crippen LogP contribution in [0.1, 0.15) is 58.4 Å². The third-order valence-electron chi connectivity index (χ3n) is 4.82. The van der Waals surface area contributed by atoms with E-state index in [0.717, 1.165) is 18.4 Å². The van der Waals surface area contributed by atoms with Gasteiger partial charge in [0.25, 0.3) is 0 Å². The first-order chi connectivity index (χ1) is 8.80. The molecule has 0 bridgehead atoms. The zero-order valence-corrected chi connectivity index (χ0v) is 16.5. The van der Waals surface area contributed by atoms with Gasteiger partial charge in [0.05, 0.1) is 5.60 Å². The Morgan fingerprint density at radius 2 is 2.00 bits per heavy atom. The molecule has 0 amide bonds. The van der Waals surface area contributed by atoms with Gasteiger partial charge in [-0.2, -0.15) is 0 Å². The molecule has 0 spiro atoms. The van der Waals surface area contributed by atoms with Gasteiger partial charge in [-0.25, -0.2) is 0 Å². The molecule has 3 rings (SSSR count). The summed E-state index contributed by atoms with van der Waals surface area (Å²) in [6, 6.07) is 0. The Morgan fingerprint density at radius 1 is 1.33 bits per heavy atom. The molecule has 1 aromatic heterocycles. The van der Waals surface area contributed by atoms with Crippen LogP contribution in [0.3, 0.4) is 0 Å². The molecule has 1 aliphatic heterocycles. The van der Waals surface area contributed by atoms with Crippen LogP contribution in [0.15, 0.2) is 4.79 Å². The van der Waals surface area contributed by atoms with Crippen molar-refractivity contribution in [2.24, 2.45) is 11.3 Å². The van der Waals surface area contributed by atoms with E-state index in [0.29, 0.717) is 11.8 Å². The summed E-state index contributed by atoms with van der Waals surface area (Å²) in [5, 5.41) is 0. The van der Waals surface area contributed by atoms with Crippen molar-refractivity contribution in [3.05, 3.63) is 29.7 Å². The van der Waals surface area contributed by atoms with E-state index in [9.17, 15) is 4.79 Å². The molecule has 2 aliphatic rings. The molecule has 1 saturated carbocycles. The molecule has 1 N–H and O–H groups in total. The predicted molar refractivity (Wildman–Crippen MR) is 78.7 cm³/mol. The molecule has 1 radical (unpaired) electrons. The molecule has 4 nitrogen and oxygen atoms in total. The number of nitrogens with zero attached hydrogens (tertiary/aromatic N) is 1. The first-order valence-electron chi connectivity index (χ1n) is 6.99. The van der Waals surface area contributed by atoms with Crippen LogP contribution in [0.2, 0.25) is 0 Å². The Hall–Kier alpha value is -0.216. The van der Waals surface area contributed by atoms with Gasteiger partial charge >= 0.3 is 0 Å². The van der Waals surface area contributed by atoms with Crippen LogP contribution in [-0.4, -0.2) is 15.6 Å². The standard InChI is InChI=1S/C15H21N2O2.CH3.Y/c1-14(2)6-5-10-9(7-14)11-12(18)16-8-17-13(11)19-15(10,3)4;;/h9-10H,5-7H2,1-4H3,(H,16,17,18);1H3;/q2*-1;. The Labute approximate surface area is 152 Å². The van der Waals surface area contributed by atoms with Gasteiger partial charge in [-0.15, -0.1) is 0 Å².